The fourth-order valence-corrected chi connectivity index (χ4v) is 1.29. The lowest BCUT2D eigenvalue weighted by Crippen LogP contribution is -2.35. The van der Waals surface area contributed by atoms with Gasteiger partial charge in [-0.3, -0.25) is 0 Å². The molecular formula is C16H28N2O2. The average Bonchev–Trinajstić information content (AvgIpc) is 2.35. The zero-order valence-electron chi connectivity index (χ0n) is 13.3. The first-order chi connectivity index (χ1) is 9.26. The van der Waals surface area contributed by atoms with Crippen LogP contribution in [-0.4, -0.2) is 36.7 Å². The Hall–Kier alpha value is -1.55. The standard InChI is InChI=1S/C9H20N2O2.C7H8/c1-9(2,3)13-8(12)11(4)7-5-6-10;1-7-5-3-2-4-6-7/h5-7,10H2,1-4H3;2-6H,1H3. The molecule has 0 saturated heterocycles. The van der Waals surface area contributed by atoms with Gasteiger partial charge in [0.2, 0.25) is 0 Å². The van der Waals surface area contributed by atoms with Crippen molar-refractivity contribution in [1.82, 2.24) is 4.90 Å². The smallest absolute Gasteiger partial charge is 0.410 e. The minimum absolute atomic E-state index is 0.291. The molecule has 0 radical (unpaired) electrons. The summed E-state index contributed by atoms with van der Waals surface area (Å²) in [4.78, 5) is 12.9. The number of carbonyl (C=O) groups is 1. The lowest BCUT2D eigenvalue weighted by Gasteiger charge is -2.24. The van der Waals surface area contributed by atoms with Crippen LogP contribution in [0.25, 0.3) is 0 Å². The van der Waals surface area contributed by atoms with Gasteiger partial charge in [-0.2, -0.15) is 0 Å². The number of ether oxygens (including phenoxy) is 1. The van der Waals surface area contributed by atoms with Gasteiger partial charge in [0, 0.05) is 13.6 Å². The number of nitrogens with zero attached hydrogens (tertiary/aromatic N) is 1. The Bertz CT molecular complexity index is 372. The SMILES string of the molecule is CN(CCCN)C(=O)OC(C)(C)C.Cc1ccccc1. The largest absolute Gasteiger partial charge is 0.444 e. The molecule has 114 valence electrons. The van der Waals surface area contributed by atoms with E-state index < -0.39 is 5.60 Å². The Morgan fingerprint density at radius 3 is 2.15 bits per heavy atom. The minimum atomic E-state index is -0.423. The predicted molar refractivity (Wildman–Crippen MR) is 83.7 cm³/mol. The molecular weight excluding hydrogens is 252 g/mol. The molecule has 1 aromatic carbocycles. The summed E-state index contributed by atoms with van der Waals surface area (Å²) in [6.07, 6.45) is 0.511. The highest BCUT2D eigenvalue weighted by atomic mass is 16.6. The number of aryl methyl sites for hydroxylation is 1. The molecule has 20 heavy (non-hydrogen) atoms. The van der Waals surface area contributed by atoms with Crippen molar-refractivity contribution in [3.8, 4) is 0 Å². The van der Waals surface area contributed by atoms with E-state index in [0.717, 1.165) is 6.42 Å². The molecule has 0 aliphatic carbocycles. The summed E-state index contributed by atoms with van der Waals surface area (Å²) in [5, 5.41) is 0. The molecule has 0 aliphatic heterocycles. The van der Waals surface area contributed by atoms with E-state index in [1.165, 1.54) is 10.5 Å². The van der Waals surface area contributed by atoms with Crippen molar-refractivity contribution in [3.05, 3.63) is 35.9 Å². The topological polar surface area (TPSA) is 55.6 Å². The Morgan fingerprint density at radius 2 is 1.80 bits per heavy atom. The van der Waals surface area contributed by atoms with Crippen LogP contribution in [0.3, 0.4) is 0 Å². The van der Waals surface area contributed by atoms with Gasteiger partial charge in [0.1, 0.15) is 5.60 Å². The first kappa shape index (κ1) is 18.4. The van der Waals surface area contributed by atoms with Crippen molar-refractivity contribution in [2.24, 2.45) is 5.73 Å². The van der Waals surface area contributed by atoms with Crippen molar-refractivity contribution < 1.29 is 9.53 Å². The summed E-state index contributed by atoms with van der Waals surface area (Å²) in [6, 6.07) is 10.3. The number of benzene rings is 1. The summed E-state index contributed by atoms with van der Waals surface area (Å²) in [5.74, 6) is 0. The minimum Gasteiger partial charge on any atom is -0.444 e. The van der Waals surface area contributed by atoms with Crippen LogP contribution >= 0.6 is 0 Å². The van der Waals surface area contributed by atoms with E-state index in [1.807, 2.05) is 39.0 Å². The van der Waals surface area contributed by atoms with Crippen LogP contribution in [0.1, 0.15) is 32.8 Å². The maximum atomic E-state index is 11.3. The lowest BCUT2D eigenvalue weighted by atomic mass is 10.2. The summed E-state index contributed by atoms with van der Waals surface area (Å²) < 4.78 is 5.14. The van der Waals surface area contributed by atoms with E-state index in [4.69, 9.17) is 10.5 Å². The zero-order valence-corrected chi connectivity index (χ0v) is 13.3. The van der Waals surface area contributed by atoms with Gasteiger partial charge in [-0.1, -0.05) is 35.9 Å². The number of carbonyl (C=O) groups excluding carboxylic acids is 1. The molecule has 4 nitrogen and oxygen atoms in total. The quantitative estimate of drug-likeness (QED) is 0.925. The first-order valence-electron chi connectivity index (χ1n) is 6.92. The van der Waals surface area contributed by atoms with E-state index in [2.05, 4.69) is 19.1 Å². The van der Waals surface area contributed by atoms with Gasteiger partial charge in [0.15, 0.2) is 0 Å². The molecule has 0 aliphatic rings. The highest BCUT2D eigenvalue weighted by Crippen LogP contribution is 2.08. The third-order valence-corrected chi connectivity index (χ3v) is 2.34. The van der Waals surface area contributed by atoms with E-state index in [-0.39, 0.29) is 6.09 Å². The molecule has 0 aromatic heterocycles. The zero-order chi connectivity index (χ0) is 15.6. The number of amides is 1. The monoisotopic (exact) mass is 280 g/mol. The van der Waals surface area contributed by atoms with E-state index in [9.17, 15) is 4.79 Å². The van der Waals surface area contributed by atoms with Crippen LogP contribution < -0.4 is 5.73 Å². The molecule has 0 saturated carbocycles. The molecule has 0 fully saturated rings. The molecule has 0 unspecified atom stereocenters. The Kier molecular flexibility index (Phi) is 8.64. The fourth-order valence-electron chi connectivity index (χ4n) is 1.29. The number of rotatable bonds is 3. The second-order valence-electron chi connectivity index (χ2n) is 5.70. The molecule has 0 heterocycles. The van der Waals surface area contributed by atoms with Gasteiger partial charge in [0.05, 0.1) is 0 Å². The summed E-state index contributed by atoms with van der Waals surface area (Å²) in [6.45, 7) is 8.86. The van der Waals surface area contributed by atoms with Gasteiger partial charge < -0.3 is 15.4 Å². The predicted octanol–water partition coefficient (Wildman–Crippen LogP) is 3.20. The van der Waals surface area contributed by atoms with Crippen LogP contribution in [0.5, 0.6) is 0 Å². The molecule has 0 spiro atoms. The second kappa shape index (κ2) is 9.37. The molecule has 2 N–H and O–H groups in total. The molecule has 1 rings (SSSR count). The van der Waals surface area contributed by atoms with Gasteiger partial charge in [0.25, 0.3) is 0 Å². The number of nitrogens with two attached hydrogens (primary N) is 1. The third-order valence-electron chi connectivity index (χ3n) is 2.34. The summed E-state index contributed by atoms with van der Waals surface area (Å²) in [5.41, 5.74) is 6.22. The van der Waals surface area contributed by atoms with Crippen molar-refractivity contribution in [3.63, 3.8) is 0 Å². The number of hydrogen-bond donors (Lipinski definition) is 1. The Balaban J connectivity index is 0.000000428. The highest BCUT2D eigenvalue weighted by molar-refractivity contribution is 5.67. The van der Waals surface area contributed by atoms with Crippen molar-refractivity contribution in [1.29, 1.82) is 0 Å². The Labute approximate surface area is 122 Å². The van der Waals surface area contributed by atoms with Gasteiger partial charge in [-0.25, -0.2) is 4.79 Å². The van der Waals surface area contributed by atoms with E-state index in [0.29, 0.717) is 13.1 Å². The summed E-state index contributed by atoms with van der Waals surface area (Å²) in [7, 11) is 1.71. The average molecular weight is 280 g/mol. The van der Waals surface area contributed by atoms with Crippen LogP contribution in [-0.2, 0) is 4.74 Å². The van der Waals surface area contributed by atoms with E-state index >= 15 is 0 Å². The number of hydrogen-bond acceptors (Lipinski definition) is 3. The highest BCUT2D eigenvalue weighted by Gasteiger charge is 2.18. The van der Waals surface area contributed by atoms with Crippen LogP contribution in [0.15, 0.2) is 30.3 Å². The molecule has 1 amide bonds. The third kappa shape index (κ3) is 10.4. The van der Waals surface area contributed by atoms with Crippen LogP contribution in [0, 0.1) is 6.92 Å². The lowest BCUT2D eigenvalue weighted by molar-refractivity contribution is 0.0298. The van der Waals surface area contributed by atoms with Crippen LogP contribution in [0.4, 0.5) is 4.79 Å². The van der Waals surface area contributed by atoms with Crippen molar-refractivity contribution in [2.45, 2.75) is 39.7 Å². The van der Waals surface area contributed by atoms with Crippen molar-refractivity contribution >= 4 is 6.09 Å². The van der Waals surface area contributed by atoms with Gasteiger partial charge in [-0.15, -0.1) is 0 Å². The second-order valence-corrected chi connectivity index (χ2v) is 5.70. The first-order valence-corrected chi connectivity index (χ1v) is 6.92. The molecule has 0 bridgehead atoms. The normalized spacial score (nSPS) is 10.3. The van der Waals surface area contributed by atoms with Crippen molar-refractivity contribution in [2.75, 3.05) is 20.1 Å². The maximum Gasteiger partial charge on any atom is 0.410 e. The maximum absolute atomic E-state index is 11.3. The molecule has 0 atom stereocenters. The Morgan fingerprint density at radius 1 is 1.25 bits per heavy atom. The van der Waals surface area contributed by atoms with E-state index in [1.54, 1.807) is 7.05 Å². The molecule has 4 heteroatoms. The summed E-state index contributed by atoms with van der Waals surface area (Å²) >= 11 is 0. The fraction of sp³-hybridized carbons (Fsp3) is 0.562. The van der Waals surface area contributed by atoms with Crippen LogP contribution in [0.2, 0.25) is 0 Å². The van der Waals surface area contributed by atoms with Gasteiger partial charge in [-0.05, 0) is 40.7 Å². The molecule has 1 aromatic rings. The van der Waals surface area contributed by atoms with Gasteiger partial charge >= 0.3 is 6.09 Å².